The largest absolute Gasteiger partial charge is 0.481 e. The molecule has 2 aliphatic rings. The van der Waals surface area contributed by atoms with Crippen LogP contribution in [0.2, 0.25) is 0 Å². The zero-order valence-electron chi connectivity index (χ0n) is 10.8. The quantitative estimate of drug-likeness (QED) is 0.697. The summed E-state index contributed by atoms with van der Waals surface area (Å²) in [5.74, 6) is 0.294. The molecule has 0 saturated heterocycles. The predicted octanol–water partition coefficient (Wildman–Crippen LogP) is 1.58. The molecule has 0 heterocycles. The van der Waals surface area contributed by atoms with E-state index in [1.165, 1.54) is 12.8 Å². The molecule has 2 rings (SSSR count). The zero-order chi connectivity index (χ0) is 13.1. The van der Waals surface area contributed by atoms with Gasteiger partial charge in [0.15, 0.2) is 0 Å². The third kappa shape index (κ3) is 3.62. The first-order valence-corrected chi connectivity index (χ1v) is 6.83. The third-order valence-electron chi connectivity index (χ3n) is 4.13. The average Bonchev–Trinajstić information content (AvgIpc) is 3.07. The molecule has 2 amide bonds. The second-order valence-corrected chi connectivity index (χ2v) is 5.71. The van der Waals surface area contributed by atoms with E-state index in [2.05, 4.69) is 17.6 Å². The Bertz CT molecular complexity index is 328. The molecule has 0 aromatic carbocycles. The number of hydrogen-bond donors (Lipinski definition) is 3. The van der Waals surface area contributed by atoms with Crippen LogP contribution >= 0.6 is 0 Å². The van der Waals surface area contributed by atoms with Gasteiger partial charge in [-0.25, -0.2) is 4.79 Å². The number of urea groups is 1. The van der Waals surface area contributed by atoms with Gasteiger partial charge in [-0.1, -0.05) is 6.92 Å². The van der Waals surface area contributed by atoms with Crippen molar-refractivity contribution in [3.63, 3.8) is 0 Å². The van der Waals surface area contributed by atoms with Crippen LogP contribution in [0.25, 0.3) is 0 Å². The van der Waals surface area contributed by atoms with Crippen molar-refractivity contribution in [2.24, 2.45) is 17.8 Å². The highest BCUT2D eigenvalue weighted by atomic mass is 16.4. The summed E-state index contributed by atoms with van der Waals surface area (Å²) >= 11 is 0. The minimum atomic E-state index is -0.748. The van der Waals surface area contributed by atoms with Crippen LogP contribution in [0.4, 0.5) is 4.79 Å². The number of hydrogen-bond acceptors (Lipinski definition) is 2. The highest BCUT2D eigenvalue weighted by molar-refractivity contribution is 5.75. The van der Waals surface area contributed by atoms with Gasteiger partial charge in [-0.05, 0) is 43.9 Å². The van der Waals surface area contributed by atoms with Gasteiger partial charge in [0.25, 0.3) is 0 Å². The maximum absolute atomic E-state index is 11.7. The van der Waals surface area contributed by atoms with Crippen LogP contribution in [-0.4, -0.2) is 29.7 Å². The van der Waals surface area contributed by atoms with Crippen LogP contribution in [0, 0.1) is 17.8 Å². The predicted molar refractivity (Wildman–Crippen MR) is 67.2 cm³/mol. The van der Waals surface area contributed by atoms with Crippen LogP contribution in [0.15, 0.2) is 0 Å². The van der Waals surface area contributed by atoms with Gasteiger partial charge in [0.1, 0.15) is 0 Å². The van der Waals surface area contributed by atoms with Crippen LogP contribution < -0.4 is 10.6 Å². The van der Waals surface area contributed by atoms with E-state index in [1.807, 2.05) is 0 Å². The monoisotopic (exact) mass is 254 g/mol. The molecular weight excluding hydrogens is 232 g/mol. The Labute approximate surface area is 107 Å². The summed E-state index contributed by atoms with van der Waals surface area (Å²) < 4.78 is 0. The molecular formula is C13H22N2O3. The summed E-state index contributed by atoms with van der Waals surface area (Å²) in [7, 11) is 0. The Kier molecular flexibility index (Phi) is 4.09. The Morgan fingerprint density at radius 1 is 1.28 bits per heavy atom. The topological polar surface area (TPSA) is 78.4 Å². The smallest absolute Gasteiger partial charge is 0.315 e. The van der Waals surface area contributed by atoms with Crippen LogP contribution in [0.1, 0.15) is 39.0 Å². The molecule has 18 heavy (non-hydrogen) atoms. The lowest BCUT2D eigenvalue weighted by atomic mass is 10.1. The summed E-state index contributed by atoms with van der Waals surface area (Å²) in [5, 5.41) is 14.6. The SMILES string of the molecule is CC(CNC(=O)NC1CCC(C(=O)O)C1)C1CC1. The van der Waals surface area contributed by atoms with Crippen LogP contribution in [0.5, 0.6) is 0 Å². The van der Waals surface area contributed by atoms with Gasteiger partial charge in [0.05, 0.1) is 5.92 Å². The molecule has 2 aliphatic carbocycles. The van der Waals surface area contributed by atoms with Gasteiger partial charge >= 0.3 is 12.0 Å². The van der Waals surface area contributed by atoms with Gasteiger partial charge < -0.3 is 15.7 Å². The van der Waals surface area contributed by atoms with Crippen molar-refractivity contribution in [3.8, 4) is 0 Å². The molecule has 5 heteroatoms. The van der Waals surface area contributed by atoms with Gasteiger partial charge in [0.2, 0.25) is 0 Å². The highest BCUT2D eigenvalue weighted by Gasteiger charge is 2.31. The maximum Gasteiger partial charge on any atom is 0.315 e. The van der Waals surface area contributed by atoms with Crippen molar-refractivity contribution in [1.29, 1.82) is 0 Å². The summed E-state index contributed by atoms with van der Waals surface area (Å²) in [6.45, 7) is 2.87. The number of aliphatic carboxylic acids is 1. The van der Waals surface area contributed by atoms with Gasteiger partial charge in [0, 0.05) is 12.6 Å². The molecule has 0 bridgehead atoms. The molecule has 0 aromatic rings. The third-order valence-corrected chi connectivity index (χ3v) is 4.13. The molecule has 0 radical (unpaired) electrons. The molecule has 0 aliphatic heterocycles. The first-order valence-electron chi connectivity index (χ1n) is 6.83. The Balaban J connectivity index is 1.63. The number of carbonyl (C=O) groups is 2. The minimum Gasteiger partial charge on any atom is -0.481 e. The van der Waals surface area contributed by atoms with E-state index < -0.39 is 5.97 Å². The molecule has 3 N–H and O–H groups in total. The normalized spacial score (nSPS) is 28.7. The summed E-state index contributed by atoms with van der Waals surface area (Å²) in [5.41, 5.74) is 0. The molecule has 102 valence electrons. The zero-order valence-corrected chi connectivity index (χ0v) is 10.8. The first kappa shape index (κ1) is 13.2. The molecule has 0 spiro atoms. The highest BCUT2D eigenvalue weighted by Crippen LogP contribution is 2.36. The van der Waals surface area contributed by atoms with Crippen molar-refractivity contribution in [1.82, 2.24) is 10.6 Å². The second kappa shape index (κ2) is 5.59. The van der Waals surface area contributed by atoms with Crippen molar-refractivity contribution in [2.45, 2.75) is 45.1 Å². The molecule has 3 atom stereocenters. The van der Waals surface area contributed by atoms with Crippen molar-refractivity contribution in [3.05, 3.63) is 0 Å². The second-order valence-electron chi connectivity index (χ2n) is 5.71. The lowest BCUT2D eigenvalue weighted by Gasteiger charge is -2.15. The van der Waals surface area contributed by atoms with Crippen LogP contribution in [-0.2, 0) is 4.79 Å². The van der Waals surface area contributed by atoms with E-state index >= 15 is 0 Å². The molecule has 0 aromatic heterocycles. The van der Waals surface area contributed by atoms with Crippen molar-refractivity contribution >= 4 is 12.0 Å². The van der Waals surface area contributed by atoms with E-state index in [1.54, 1.807) is 0 Å². The number of amides is 2. The molecule has 2 saturated carbocycles. The average molecular weight is 254 g/mol. The lowest BCUT2D eigenvalue weighted by Crippen LogP contribution is -2.42. The Morgan fingerprint density at radius 2 is 2.00 bits per heavy atom. The van der Waals surface area contributed by atoms with Gasteiger partial charge in [-0.15, -0.1) is 0 Å². The summed E-state index contributed by atoms with van der Waals surface area (Å²) in [6.07, 6.45) is 4.56. The number of carboxylic acid groups (broad SMARTS) is 1. The number of carbonyl (C=O) groups excluding carboxylic acids is 1. The van der Waals surface area contributed by atoms with Gasteiger partial charge in [-0.2, -0.15) is 0 Å². The fraction of sp³-hybridized carbons (Fsp3) is 0.846. The van der Waals surface area contributed by atoms with Gasteiger partial charge in [-0.3, -0.25) is 4.79 Å². The fourth-order valence-corrected chi connectivity index (χ4v) is 2.66. The van der Waals surface area contributed by atoms with Crippen molar-refractivity contribution in [2.75, 3.05) is 6.54 Å². The Hall–Kier alpha value is -1.26. The van der Waals surface area contributed by atoms with E-state index in [0.29, 0.717) is 25.3 Å². The lowest BCUT2D eigenvalue weighted by molar-refractivity contribution is -0.141. The van der Waals surface area contributed by atoms with Crippen molar-refractivity contribution < 1.29 is 14.7 Å². The first-order chi connectivity index (χ1) is 8.56. The minimum absolute atomic E-state index is 0.0160. The fourth-order valence-electron chi connectivity index (χ4n) is 2.66. The summed E-state index contributed by atoms with van der Waals surface area (Å²) in [6, 6.07) is -0.138. The van der Waals surface area contributed by atoms with E-state index in [-0.39, 0.29) is 18.0 Å². The molecule has 2 fully saturated rings. The molecule has 5 nitrogen and oxygen atoms in total. The number of nitrogens with one attached hydrogen (secondary N) is 2. The summed E-state index contributed by atoms with van der Waals surface area (Å²) in [4.78, 5) is 22.5. The van der Waals surface area contributed by atoms with Crippen LogP contribution in [0.3, 0.4) is 0 Å². The number of rotatable bonds is 5. The standard InChI is InChI=1S/C13H22N2O3/c1-8(9-2-3-9)7-14-13(18)15-11-5-4-10(6-11)12(16)17/h8-11H,2-7H2,1H3,(H,16,17)(H2,14,15,18). The van der Waals surface area contributed by atoms with E-state index in [9.17, 15) is 9.59 Å². The molecule has 3 unspecified atom stereocenters. The maximum atomic E-state index is 11.7. The van der Waals surface area contributed by atoms with E-state index in [4.69, 9.17) is 5.11 Å². The Morgan fingerprint density at radius 3 is 2.56 bits per heavy atom. The number of carboxylic acids is 1. The van der Waals surface area contributed by atoms with E-state index in [0.717, 1.165) is 12.3 Å².